The number of hydrogen-bond acceptors (Lipinski definition) is 2. The molecule has 6 aromatic carbocycles. The van der Waals surface area contributed by atoms with Crippen LogP contribution >= 0.6 is 0 Å². The summed E-state index contributed by atoms with van der Waals surface area (Å²) < 4.78 is 6.38. The van der Waals surface area contributed by atoms with E-state index in [0.717, 1.165) is 39.4 Å². The molecule has 0 aliphatic rings. The van der Waals surface area contributed by atoms with Gasteiger partial charge in [0.05, 0.1) is 11.4 Å². The number of anilines is 3. The van der Waals surface area contributed by atoms with E-state index in [1.807, 2.05) is 18.2 Å². The van der Waals surface area contributed by atoms with Crippen molar-refractivity contribution in [3.63, 3.8) is 0 Å². The van der Waals surface area contributed by atoms with Gasteiger partial charge in [-0.05, 0) is 58.8 Å². The lowest BCUT2D eigenvalue weighted by atomic mass is 10.00. The number of benzene rings is 6. The molecule has 0 atom stereocenters. The number of rotatable bonds is 5. The maximum absolute atomic E-state index is 6.38. The SMILES string of the molecule is c1ccc(-c2ccccc2N(c2ccc3ccccc3c2)c2ccccc2-c2cc3ccccc3o2)cc1. The summed E-state index contributed by atoms with van der Waals surface area (Å²) in [5.74, 6) is 0.852. The minimum atomic E-state index is 0.852. The number of fused-ring (bicyclic) bond motifs is 2. The average Bonchev–Trinajstić information content (AvgIpc) is 3.43. The number of furan rings is 1. The minimum absolute atomic E-state index is 0.852. The predicted molar refractivity (Wildman–Crippen MR) is 159 cm³/mol. The molecule has 0 amide bonds. The van der Waals surface area contributed by atoms with Crippen LogP contribution in [0, 0.1) is 0 Å². The first-order chi connectivity index (χ1) is 18.8. The molecule has 7 aromatic rings. The third-order valence-corrected chi connectivity index (χ3v) is 7.06. The van der Waals surface area contributed by atoms with Gasteiger partial charge in [-0.2, -0.15) is 0 Å². The summed E-state index contributed by atoms with van der Waals surface area (Å²) >= 11 is 0. The van der Waals surface area contributed by atoms with Crippen LogP contribution in [0.25, 0.3) is 44.2 Å². The molecule has 180 valence electrons. The van der Waals surface area contributed by atoms with Gasteiger partial charge in [0.25, 0.3) is 0 Å². The summed E-state index contributed by atoms with van der Waals surface area (Å²) in [7, 11) is 0. The molecule has 0 aliphatic carbocycles. The van der Waals surface area contributed by atoms with Crippen LogP contribution in [0.3, 0.4) is 0 Å². The van der Waals surface area contributed by atoms with E-state index in [0.29, 0.717) is 0 Å². The Bertz CT molecular complexity index is 1850. The van der Waals surface area contributed by atoms with Crippen LogP contribution in [0.1, 0.15) is 0 Å². The second-order valence-electron chi connectivity index (χ2n) is 9.42. The molecule has 0 spiro atoms. The molecule has 0 saturated carbocycles. The molecular formula is C36H25NO. The Kier molecular flexibility index (Phi) is 5.49. The third kappa shape index (κ3) is 3.93. The number of nitrogens with zero attached hydrogens (tertiary/aromatic N) is 1. The van der Waals surface area contributed by atoms with E-state index >= 15 is 0 Å². The molecule has 0 fully saturated rings. The van der Waals surface area contributed by atoms with Gasteiger partial charge in [-0.15, -0.1) is 0 Å². The Morgan fingerprint density at radius 3 is 1.82 bits per heavy atom. The molecule has 0 aliphatic heterocycles. The third-order valence-electron chi connectivity index (χ3n) is 7.06. The molecule has 0 N–H and O–H groups in total. The van der Waals surface area contributed by atoms with Crippen molar-refractivity contribution in [2.24, 2.45) is 0 Å². The van der Waals surface area contributed by atoms with Crippen molar-refractivity contribution < 1.29 is 4.42 Å². The van der Waals surface area contributed by atoms with Crippen molar-refractivity contribution in [3.05, 3.63) is 152 Å². The van der Waals surface area contributed by atoms with E-state index in [-0.39, 0.29) is 0 Å². The average molecular weight is 488 g/mol. The van der Waals surface area contributed by atoms with Crippen LogP contribution in [0.2, 0.25) is 0 Å². The lowest BCUT2D eigenvalue weighted by molar-refractivity contribution is 0.631. The van der Waals surface area contributed by atoms with Crippen molar-refractivity contribution in [1.29, 1.82) is 0 Å². The highest BCUT2D eigenvalue weighted by Crippen LogP contribution is 2.45. The molecule has 1 heterocycles. The van der Waals surface area contributed by atoms with Gasteiger partial charge in [-0.1, -0.05) is 109 Å². The molecule has 0 unspecified atom stereocenters. The van der Waals surface area contributed by atoms with Gasteiger partial charge < -0.3 is 9.32 Å². The van der Waals surface area contributed by atoms with Crippen LogP contribution in [0.15, 0.2) is 156 Å². The first-order valence-electron chi connectivity index (χ1n) is 12.9. The molecule has 0 radical (unpaired) electrons. The van der Waals surface area contributed by atoms with E-state index in [4.69, 9.17) is 4.42 Å². The van der Waals surface area contributed by atoms with Gasteiger partial charge in [-0.3, -0.25) is 0 Å². The van der Waals surface area contributed by atoms with Crippen LogP contribution < -0.4 is 4.90 Å². The van der Waals surface area contributed by atoms with Crippen LogP contribution in [-0.2, 0) is 0 Å². The maximum Gasteiger partial charge on any atom is 0.137 e. The molecule has 0 bridgehead atoms. The highest BCUT2D eigenvalue weighted by atomic mass is 16.3. The summed E-state index contributed by atoms with van der Waals surface area (Å²) in [4.78, 5) is 2.36. The molecular weight excluding hydrogens is 462 g/mol. The van der Waals surface area contributed by atoms with Gasteiger partial charge in [-0.25, -0.2) is 0 Å². The lowest BCUT2D eigenvalue weighted by Gasteiger charge is -2.29. The van der Waals surface area contributed by atoms with Crippen molar-refractivity contribution in [3.8, 4) is 22.5 Å². The van der Waals surface area contributed by atoms with Crippen LogP contribution in [0.5, 0.6) is 0 Å². The highest BCUT2D eigenvalue weighted by molar-refractivity contribution is 5.96. The zero-order chi connectivity index (χ0) is 25.3. The zero-order valence-corrected chi connectivity index (χ0v) is 20.8. The quantitative estimate of drug-likeness (QED) is 0.240. The smallest absolute Gasteiger partial charge is 0.137 e. The fourth-order valence-corrected chi connectivity index (χ4v) is 5.25. The number of para-hydroxylation sites is 3. The standard InChI is InChI=1S/C36H25NO/c1-2-13-27(14-3-1)31-17-7-9-19-33(31)37(30-23-22-26-12-4-5-15-28(26)24-30)34-20-10-8-18-32(34)36-25-29-16-6-11-21-35(29)38-36/h1-25H. The van der Waals surface area contributed by atoms with Gasteiger partial charge in [0.1, 0.15) is 11.3 Å². The molecule has 2 heteroatoms. The van der Waals surface area contributed by atoms with Crippen LogP contribution in [0.4, 0.5) is 17.1 Å². The minimum Gasteiger partial charge on any atom is -0.456 e. The topological polar surface area (TPSA) is 16.4 Å². The van der Waals surface area contributed by atoms with E-state index in [9.17, 15) is 0 Å². The Balaban J connectivity index is 1.50. The monoisotopic (exact) mass is 487 g/mol. The van der Waals surface area contributed by atoms with Gasteiger partial charge in [0.2, 0.25) is 0 Å². The fourth-order valence-electron chi connectivity index (χ4n) is 5.25. The maximum atomic E-state index is 6.38. The molecule has 0 saturated heterocycles. The van der Waals surface area contributed by atoms with Crippen molar-refractivity contribution >= 4 is 38.8 Å². The summed E-state index contributed by atoms with van der Waals surface area (Å²) in [6.07, 6.45) is 0. The first kappa shape index (κ1) is 22.1. The normalized spacial score (nSPS) is 11.2. The van der Waals surface area contributed by atoms with Crippen molar-refractivity contribution in [2.45, 2.75) is 0 Å². The number of hydrogen-bond donors (Lipinski definition) is 0. The zero-order valence-electron chi connectivity index (χ0n) is 20.8. The Morgan fingerprint density at radius 2 is 1.03 bits per heavy atom. The van der Waals surface area contributed by atoms with Crippen molar-refractivity contribution in [1.82, 2.24) is 0 Å². The second-order valence-corrected chi connectivity index (χ2v) is 9.42. The van der Waals surface area contributed by atoms with Crippen molar-refractivity contribution in [2.75, 3.05) is 4.90 Å². The van der Waals surface area contributed by atoms with E-state index in [2.05, 4.69) is 138 Å². The summed E-state index contributed by atoms with van der Waals surface area (Å²) in [6, 6.07) is 53.2. The highest BCUT2D eigenvalue weighted by Gasteiger charge is 2.21. The van der Waals surface area contributed by atoms with E-state index in [1.54, 1.807) is 0 Å². The largest absolute Gasteiger partial charge is 0.456 e. The lowest BCUT2D eigenvalue weighted by Crippen LogP contribution is -2.12. The van der Waals surface area contributed by atoms with E-state index < -0.39 is 0 Å². The Hall–Kier alpha value is -5.08. The molecule has 7 rings (SSSR count). The fraction of sp³-hybridized carbons (Fsp3) is 0. The van der Waals surface area contributed by atoms with Crippen LogP contribution in [-0.4, -0.2) is 0 Å². The second kappa shape index (κ2) is 9.42. The van der Waals surface area contributed by atoms with Gasteiger partial charge >= 0.3 is 0 Å². The van der Waals surface area contributed by atoms with Gasteiger partial charge in [0.15, 0.2) is 0 Å². The molecule has 38 heavy (non-hydrogen) atoms. The predicted octanol–water partition coefficient (Wildman–Crippen LogP) is 10.4. The molecule has 1 aromatic heterocycles. The summed E-state index contributed by atoms with van der Waals surface area (Å²) in [5.41, 5.74) is 7.54. The van der Waals surface area contributed by atoms with Gasteiger partial charge in [0, 0.05) is 22.2 Å². The Morgan fingerprint density at radius 1 is 0.421 bits per heavy atom. The first-order valence-corrected chi connectivity index (χ1v) is 12.9. The summed E-state index contributed by atoms with van der Waals surface area (Å²) in [5, 5.41) is 3.52. The van der Waals surface area contributed by atoms with E-state index in [1.165, 1.54) is 21.9 Å². The Labute approximate surface area is 222 Å². The summed E-state index contributed by atoms with van der Waals surface area (Å²) in [6.45, 7) is 0. The molecule has 2 nitrogen and oxygen atoms in total.